The van der Waals surface area contributed by atoms with Crippen LogP contribution in [-0.2, 0) is 14.3 Å². The highest BCUT2D eigenvalue weighted by Gasteiger charge is 2.24. The summed E-state index contributed by atoms with van der Waals surface area (Å²) < 4.78 is 4.73. The molecule has 118 valence electrons. The minimum absolute atomic E-state index is 0. The van der Waals surface area contributed by atoms with Crippen molar-refractivity contribution in [2.24, 2.45) is 5.92 Å². The van der Waals surface area contributed by atoms with E-state index in [0.717, 1.165) is 0 Å². The average molecular weight is 317 g/mol. The second kappa shape index (κ2) is 9.15. The van der Waals surface area contributed by atoms with Gasteiger partial charge in [-0.2, -0.15) is 0 Å². The number of amides is 2. The SMILES string of the molecule is COCC(=O)N[C@H](C(=O)Nc1ccc(N)nc1)C(C)C.Cl. The number of ether oxygens (including phenoxy) is 1. The van der Waals surface area contributed by atoms with Crippen molar-refractivity contribution in [3.8, 4) is 0 Å². The first-order valence-corrected chi connectivity index (χ1v) is 6.24. The van der Waals surface area contributed by atoms with Crippen LogP contribution in [0.2, 0.25) is 0 Å². The van der Waals surface area contributed by atoms with Gasteiger partial charge in [0.25, 0.3) is 0 Å². The summed E-state index contributed by atoms with van der Waals surface area (Å²) in [4.78, 5) is 27.6. The van der Waals surface area contributed by atoms with Gasteiger partial charge in [0.05, 0.1) is 11.9 Å². The molecule has 8 heteroatoms. The molecule has 21 heavy (non-hydrogen) atoms. The second-order valence-corrected chi connectivity index (χ2v) is 4.68. The number of hydrogen-bond donors (Lipinski definition) is 3. The molecule has 0 aromatic carbocycles. The van der Waals surface area contributed by atoms with Gasteiger partial charge >= 0.3 is 0 Å². The number of aromatic nitrogens is 1. The Kier molecular flexibility index (Phi) is 8.34. The summed E-state index contributed by atoms with van der Waals surface area (Å²) in [7, 11) is 1.42. The van der Waals surface area contributed by atoms with Crippen molar-refractivity contribution in [3.63, 3.8) is 0 Å². The highest BCUT2D eigenvalue weighted by Crippen LogP contribution is 2.10. The normalized spacial score (nSPS) is 11.4. The van der Waals surface area contributed by atoms with E-state index in [9.17, 15) is 9.59 Å². The number of carbonyl (C=O) groups excluding carboxylic acids is 2. The smallest absolute Gasteiger partial charge is 0.247 e. The maximum Gasteiger partial charge on any atom is 0.247 e. The summed E-state index contributed by atoms with van der Waals surface area (Å²) in [6.45, 7) is 3.61. The third kappa shape index (κ3) is 6.42. The third-order valence-electron chi connectivity index (χ3n) is 2.59. The van der Waals surface area contributed by atoms with Crippen molar-refractivity contribution in [1.82, 2.24) is 10.3 Å². The van der Waals surface area contributed by atoms with Crippen LogP contribution in [0.25, 0.3) is 0 Å². The maximum absolute atomic E-state index is 12.2. The molecule has 0 aliphatic carbocycles. The van der Waals surface area contributed by atoms with Gasteiger partial charge in [-0.3, -0.25) is 9.59 Å². The second-order valence-electron chi connectivity index (χ2n) is 4.68. The zero-order valence-corrected chi connectivity index (χ0v) is 13.1. The van der Waals surface area contributed by atoms with E-state index in [0.29, 0.717) is 11.5 Å². The summed E-state index contributed by atoms with van der Waals surface area (Å²) in [6.07, 6.45) is 1.46. The standard InChI is InChI=1S/C13H20N4O3.ClH/c1-8(2)12(17-11(18)7-20-3)13(19)16-9-4-5-10(14)15-6-9;/h4-6,8,12H,7H2,1-3H3,(H2,14,15)(H,16,19)(H,17,18);1H/t12-;/m0./s1. The van der Waals surface area contributed by atoms with Crippen LogP contribution in [0.1, 0.15) is 13.8 Å². The van der Waals surface area contributed by atoms with Crippen molar-refractivity contribution in [2.75, 3.05) is 24.8 Å². The van der Waals surface area contributed by atoms with Crippen LogP contribution in [0.4, 0.5) is 11.5 Å². The number of nitrogens with one attached hydrogen (secondary N) is 2. The van der Waals surface area contributed by atoms with Gasteiger partial charge in [0.2, 0.25) is 11.8 Å². The molecule has 0 aliphatic heterocycles. The molecule has 1 rings (SSSR count). The van der Waals surface area contributed by atoms with E-state index in [2.05, 4.69) is 15.6 Å². The summed E-state index contributed by atoms with van der Waals surface area (Å²) in [6, 6.07) is 2.59. The monoisotopic (exact) mass is 316 g/mol. The molecule has 0 saturated carbocycles. The predicted molar refractivity (Wildman–Crippen MR) is 83.2 cm³/mol. The van der Waals surface area contributed by atoms with Crippen molar-refractivity contribution in [3.05, 3.63) is 18.3 Å². The first kappa shape index (κ1) is 19.1. The van der Waals surface area contributed by atoms with Gasteiger partial charge in [0.1, 0.15) is 18.5 Å². The summed E-state index contributed by atoms with van der Waals surface area (Å²) in [5.74, 6) is -0.331. The zero-order valence-electron chi connectivity index (χ0n) is 12.3. The van der Waals surface area contributed by atoms with Crippen LogP contribution >= 0.6 is 12.4 Å². The Morgan fingerprint density at radius 2 is 2.05 bits per heavy atom. The largest absolute Gasteiger partial charge is 0.384 e. The summed E-state index contributed by atoms with van der Waals surface area (Å²) in [5.41, 5.74) is 5.99. The van der Waals surface area contributed by atoms with Crippen molar-refractivity contribution in [1.29, 1.82) is 0 Å². The fraction of sp³-hybridized carbons (Fsp3) is 0.462. The van der Waals surface area contributed by atoms with Gasteiger partial charge in [0.15, 0.2) is 0 Å². The molecule has 1 heterocycles. The molecule has 4 N–H and O–H groups in total. The minimum Gasteiger partial charge on any atom is -0.384 e. The van der Waals surface area contributed by atoms with Crippen LogP contribution in [0.3, 0.4) is 0 Å². The Hall–Kier alpha value is -1.86. The molecule has 1 aromatic rings. The number of carbonyl (C=O) groups is 2. The Morgan fingerprint density at radius 1 is 1.38 bits per heavy atom. The van der Waals surface area contributed by atoms with Gasteiger partial charge in [-0.25, -0.2) is 4.98 Å². The van der Waals surface area contributed by atoms with Gasteiger partial charge in [0, 0.05) is 7.11 Å². The number of methoxy groups -OCH3 is 1. The summed E-state index contributed by atoms with van der Waals surface area (Å²) >= 11 is 0. The van der Waals surface area contributed by atoms with E-state index < -0.39 is 6.04 Å². The molecule has 7 nitrogen and oxygen atoms in total. The molecule has 1 atom stereocenters. The highest BCUT2D eigenvalue weighted by molar-refractivity contribution is 5.97. The van der Waals surface area contributed by atoms with Crippen molar-refractivity contribution >= 4 is 35.7 Å². The van der Waals surface area contributed by atoms with Crippen molar-refractivity contribution in [2.45, 2.75) is 19.9 Å². The fourth-order valence-electron chi connectivity index (χ4n) is 1.58. The molecule has 0 unspecified atom stereocenters. The maximum atomic E-state index is 12.2. The van der Waals surface area contributed by atoms with E-state index in [1.807, 2.05) is 13.8 Å². The molecule has 0 aliphatic rings. The molecular weight excluding hydrogens is 296 g/mol. The molecular formula is C13H21ClN4O3. The molecule has 0 fully saturated rings. The Balaban J connectivity index is 0.00000400. The van der Waals surface area contributed by atoms with Crippen LogP contribution in [0.15, 0.2) is 18.3 Å². The zero-order chi connectivity index (χ0) is 15.1. The van der Waals surface area contributed by atoms with Gasteiger partial charge < -0.3 is 21.1 Å². The number of nitrogens with zero attached hydrogens (tertiary/aromatic N) is 1. The number of halogens is 1. The first-order valence-electron chi connectivity index (χ1n) is 6.24. The van der Waals surface area contributed by atoms with E-state index in [1.165, 1.54) is 13.3 Å². The molecule has 0 bridgehead atoms. The topological polar surface area (TPSA) is 106 Å². The highest BCUT2D eigenvalue weighted by atomic mass is 35.5. The number of rotatable bonds is 6. The number of anilines is 2. The summed E-state index contributed by atoms with van der Waals surface area (Å²) in [5, 5.41) is 5.31. The number of nitrogen functional groups attached to an aromatic ring is 1. The molecule has 1 aromatic heterocycles. The van der Waals surface area contributed by atoms with E-state index >= 15 is 0 Å². The number of hydrogen-bond acceptors (Lipinski definition) is 5. The molecule has 0 saturated heterocycles. The Labute approximate surface area is 130 Å². The number of nitrogens with two attached hydrogens (primary N) is 1. The van der Waals surface area contributed by atoms with Gasteiger partial charge in [-0.1, -0.05) is 13.8 Å². The Bertz CT molecular complexity index is 465. The van der Waals surface area contributed by atoms with Crippen LogP contribution in [-0.4, -0.2) is 36.6 Å². The lowest BCUT2D eigenvalue weighted by Crippen LogP contribution is -2.48. The lowest BCUT2D eigenvalue weighted by Gasteiger charge is -2.21. The van der Waals surface area contributed by atoms with Gasteiger partial charge in [-0.15, -0.1) is 12.4 Å². The number of pyridine rings is 1. The van der Waals surface area contributed by atoms with Crippen LogP contribution < -0.4 is 16.4 Å². The van der Waals surface area contributed by atoms with Crippen LogP contribution in [0, 0.1) is 5.92 Å². The minimum atomic E-state index is -0.643. The van der Waals surface area contributed by atoms with E-state index in [1.54, 1.807) is 12.1 Å². The van der Waals surface area contributed by atoms with Crippen molar-refractivity contribution < 1.29 is 14.3 Å². The molecule has 0 spiro atoms. The van der Waals surface area contributed by atoms with E-state index in [-0.39, 0.29) is 36.7 Å². The average Bonchev–Trinajstić information content (AvgIpc) is 2.38. The van der Waals surface area contributed by atoms with E-state index in [4.69, 9.17) is 10.5 Å². The van der Waals surface area contributed by atoms with Gasteiger partial charge in [-0.05, 0) is 18.1 Å². The molecule has 2 amide bonds. The predicted octanol–water partition coefficient (Wildman–Crippen LogP) is 0.811. The lowest BCUT2D eigenvalue weighted by atomic mass is 10.0. The third-order valence-corrected chi connectivity index (χ3v) is 2.59. The first-order chi connectivity index (χ1) is 9.43. The fourth-order valence-corrected chi connectivity index (χ4v) is 1.58. The van der Waals surface area contributed by atoms with Crippen LogP contribution in [0.5, 0.6) is 0 Å². The quantitative estimate of drug-likeness (QED) is 0.720. The molecule has 0 radical (unpaired) electrons. The lowest BCUT2D eigenvalue weighted by molar-refractivity contribution is -0.129. The Morgan fingerprint density at radius 3 is 2.52 bits per heavy atom.